The van der Waals surface area contributed by atoms with Crippen LogP contribution < -0.4 is 10.1 Å². The molecule has 4 heteroatoms. The van der Waals surface area contributed by atoms with Gasteiger partial charge in [0.1, 0.15) is 12.4 Å². The number of hydrogen-bond donors (Lipinski definition) is 1. The Balaban J connectivity index is 1.53. The van der Waals surface area contributed by atoms with E-state index in [1.807, 2.05) is 24.3 Å². The number of hydrogen-bond acceptors (Lipinski definition) is 3. The standard InChI is InChI=1S/C16H21NO3/c18-16(12-4-1-5-12)17-13-6-2-7-14(10-13)20-11-15-8-3-9-19-15/h2,6-7,10,12,15H,1,3-5,8-9,11H2,(H,17,18)/t15-/m1/s1. The summed E-state index contributed by atoms with van der Waals surface area (Å²) in [5.74, 6) is 1.12. The molecule has 0 radical (unpaired) electrons. The molecule has 20 heavy (non-hydrogen) atoms. The molecule has 0 bridgehead atoms. The summed E-state index contributed by atoms with van der Waals surface area (Å²) >= 11 is 0. The predicted molar refractivity (Wildman–Crippen MR) is 76.9 cm³/mol. The molecule has 1 atom stereocenters. The van der Waals surface area contributed by atoms with Gasteiger partial charge in [0.15, 0.2) is 0 Å². The van der Waals surface area contributed by atoms with Gasteiger partial charge in [-0.2, -0.15) is 0 Å². The van der Waals surface area contributed by atoms with Gasteiger partial charge in [-0.15, -0.1) is 0 Å². The summed E-state index contributed by atoms with van der Waals surface area (Å²) < 4.78 is 11.3. The SMILES string of the molecule is O=C(Nc1cccc(OC[C@H]2CCCO2)c1)C1CCC1. The predicted octanol–water partition coefficient (Wildman–Crippen LogP) is 2.98. The highest BCUT2D eigenvalue weighted by molar-refractivity contribution is 5.93. The number of nitrogens with one attached hydrogen (secondary N) is 1. The van der Waals surface area contributed by atoms with Crippen LogP contribution in [0.5, 0.6) is 5.75 Å². The average molecular weight is 275 g/mol. The van der Waals surface area contributed by atoms with Crippen molar-refractivity contribution in [1.82, 2.24) is 0 Å². The summed E-state index contributed by atoms with van der Waals surface area (Å²) in [7, 11) is 0. The molecule has 1 aromatic rings. The van der Waals surface area contributed by atoms with Gasteiger partial charge in [-0.25, -0.2) is 0 Å². The van der Waals surface area contributed by atoms with Gasteiger partial charge in [-0.05, 0) is 37.8 Å². The van der Waals surface area contributed by atoms with Crippen molar-refractivity contribution in [3.63, 3.8) is 0 Å². The summed E-state index contributed by atoms with van der Waals surface area (Å²) in [5.41, 5.74) is 0.812. The van der Waals surface area contributed by atoms with Crippen molar-refractivity contribution in [3.8, 4) is 5.75 Å². The highest BCUT2D eigenvalue weighted by Crippen LogP contribution is 2.28. The van der Waals surface area contributed by atoms with E-state index in [2.05, 4.69) is 5.32 Å². The minimum absolute atomic E-state index is 0.132. The molecule has 1 amide bonds. The molecule has 1 saturated heterocycles. The summed E-state index contributed by atoms with van der Waals surface area (Å²) in [6.07, 6.45) is 5.59. The molecular weight excluding hydrogens is 254 g/mol. The van der Waals surface area contributed by atoms with Crippen molar-refractivity contribution in [2.45, 2.75) is 38.2 Å². The summed E-state index contributed by atoms with van der Waals surface area (Å²) in [6.45, 7) is 1.42. The number of ether oxygens (including phenoxy) is 2. The largest absolute Gasteiger partial charge is 0.491 e. The van der Waals surface area contributed by atoms with Gasteiger partial charge in [0.2, 0.25) is 5.91 Å². The minimum Gasteiger partial charge on any atom is -0.491 e. The molecule has 108 valence electrons. The van der Waals surface area contributed by atoms with E-state index >= 15 is 0 Å². The number of rotatable bonds is 5. The van der Waals surface area contributed by atoms with Crippen LogP contribution in [0.4, 0.5) is 5.69 Å². The van der Waals surface area contributed by atoms with E-state index in [0.29, 0.717) is 6.61 Å². The van der Waals surface area contributed by atoms with E-state index in [0.717, 1.165) is 43.7 Å². The van der Waals surface area contributed by atoms with Crippen LogP contribution >= 0.6 is 0 Å². The maximum absolute atomic E-state index is 11.9. The lowest BCUT2D eigenvalue weighted by atomic mass is 9.85. The fourth-order valence-electron chi connectivity index (χ4n) is 2.54. The van der Waals surface area contributed by atoms with Crippen LogP contribution in [-0.2, 0) is 9.53 Å². The minimum atomic E-state index is 0.132. The first kappa shape index (κ1) is 13.4. The molecule has 2 fully saturated rings. The first-order valence-electron chi connectivity index (χ1n) is 7.46. The number of carbonyl (C=O) groups excluding carboxylic acids is 1. The Kier molecular flexibility index (Phi) is 4.21. The van der Waals surface area contributed by atoms with E-state index in [1.54, 1.807) is 0 Å². The molecule has 2 aliphatic rings. The van der Waals surface area contributed by atoms with Gasteiger partial charge in [0.05, 0.1) is 6.10 Å². The molecule has 1 aliphatic carbocycles. The highest BCUT2D eigenvalue weighted by Gasteiger charge is 2.25. The Morgan fingerprint density at radius 1 is 1.30 bits per heavy atom. The Hall–Kier alpha value is -1.55. The van der Waals surface area contributed by atoms with E-state index in [9.17, 15) is 4.79 Å². The quantitative estimate of drug-likeness (QED) is 0.898. The van der Waals surface area contributed by atoms with Crippen LogP contribution in [0.25, 0.3) is 0 Å². The van der Waals surface area contributed by atoms with Crippen molar-refractivity contribution < 1.29 is 14.3 Å². The smallest absolute Gasteiger partial charge is 0.227 e. The zero-order chi connectivity index (χ0) is 13.8. The zero-order valence-corrected chi connectivity index (χ0v) is 11.6. The second-order valence-electron chi connectivity index (χ2n) is 5.59. The third-order valence-electron chi connectivity index (χ3n) is 4.04. The number of amides is 1. The van der Waals surface area contributed by atoms with Crippen molar-refractivity contribution in [3.05, 3.63) is 24.3 Å². The Morgan fingerprint density at radius 3 is 2.90 bits per heavy atom. The van der Waals surface area contributed by atoms with Crippen molar-refractivity contribution in [1.29, 1.82) is 0 Å². The summed E-state index contributed by atoms with van der Waals surface area (Å²) in [4.78, 5) is 11.9. The third-order valence-corrected chi connectivity index (χ3v) is 4.04. The lowest BCUT2D eigenvalue weighted by Crippen LogP contribution is -2.28. The van der Waals surface area contributed by atoms with Crippen LogP contribution in [0.1, 0.15) is 32.1 Å². The molecule has 1 aromatic carbocycles. The lowest BCUT2D eigenvalue weighted by molar-refractivity contribution is -0.122. The molecule has 0 unspecified atom stereocenters. The second-order valence-corrected chi connectivity index (χ2v) is 5.59. The van der Waals surface area contributed by atoms with E-state index in [-0.39, 0.29) is 17.9 Å². The van der Waals surface area contributed by atoms with E-state index < -0.39 is 0 Å². The summed E-state index contributed by atoms with van der Waals surface area (Å²) in [5, 5.41) is 2.96. The van der Waals surface area contributed by atoms with Gasteiger partial charge < -0.3 is 14.8 Å². The molecule has 1 aliphatic heterocycles. The molecule has 0 aromatic heterocycles. The number of carbonyl (C=O) groups is 1. The Morgan fingerprint density at radius 2 is 2.20 bits per heavy atom. The fourth-order valence-corrected chi connectivity index (χ4v) is 2.54. The first-order chi connectivity index (χ1) is 9.81. The molecule has 0 spiro atoms. The summed E-state index contributed by atoms with van der Waals surface area (Å²) in [6, 6.07) is 7.59. The monoisotopic (exact) mass is 275 g/mol. The molecule has 1 heterocycles. The van der Waals surface area contributed by atoms with Crippen molar-refractivity contribution in [2.75, 3.05) is 18.5 Å². The second kappa shape index (κ2) is 6.27. The lowest BCUT2D eigenvalue weighted by Gasteiger charge is -2.24. The third kappa shape index (κ3) is 3.31. The molecule has 1 N–H and O–H groups in total. The van der Waals surface area contributed by atoms with Crippen LogP contribution in [0.15, 0.2) is 24.3 Å². The first-order valence-corrected chi connectivity index (χ1v) is 7.46. The normalized spacial score (nSPS) is 22.3. The maximum Gasteiger partial charge on any atom is 0.227 e. The van der Waals surface area contributed by atoms with Gasteiger partial charge in [-0.3, -0.25) is 4.79 Å². The van der Waals surface area contributed by atoms with Crippen LogP contribution in [0.2, 0.25) is 0 Å². The molecular formula is C16H21NO3. The highest BCUT2D eigenvalue weighted by atomic mass is 16.5. The fraction of sp³-hybridized carbons (Fsp3) is 0.562. The molecule has 3 rings (SSSR count). The number of benzene rings is 1. The Labute approximate surface area is 119 Å². The van der Waals surface area contributed by atoms with Gasteiger partial charge >= 0.3 is 0 Å². The Bertz CT molecular complexity index is 465. The average Bonchev–Trinajstić information content (AvgIpc) is 2.87. The van der Waals surface area contributed by atoms with Gasteiger partial charge in [0, 0.05) is 24.3 Å². The van der Waals surface area contributed by atoms with E-state index in [4.69, 9.17) is 9.47 Å². The van der Waals surface area contributed by atoms with Crippen LogP contribution in [0.3, 0.4) is 0 Å². The zero-order valence-electron chi connectivity index (χ0n) is 11.6. The van der Waals surface area contributed by atoms with Gasteiger partial charge in [-0.1, -0.05) is 12.5 Å². The van der Waals surface area contributed by atoms with E-state index in [1.165, 1.54) is 6.42 Å². The van der Waals surface area contributed by atoms with Crippen LogP contribution in [-0.4, -0.2) is 25.2 Å². The molecule has 1 saturated carbocycles. The molecule has 4 nitrogen and oxygen atoms in total. The maximum atomic E-state index is 11.9. The van der Waals surface area contributed by atoms with Crippen molar-refractivity contribution >= 4 is 11.6 Å². The number of anilines is 1. The topological polar surface area (TPSA) is 47.6 Å². The van der Waals surface area contributed by atoms with Crippen molar-refractivity contribution in [2.24, 2.45) is 5.92 Å². The van der Waals surface area contributed by atoms with Crippen LogP contribution in [0, 0.1) is 5.92 Å². The van der Waals surface area contributed by atoms with Gasteiger partial charge in [0.25, 0.3) is 0 Å².